The Labute approximate surface area is 174 Å². The molecule has 1 aliphatic carbocycles. The molecule has 0 bridgehead atoms. The number of fused-ring (bicyclic) bond motifs is 1. The molecule has 3 aromatic heterocycles. The number of thiophene rings is 1. The quantitative estimate of drug-likeness (QED) is 0.463. The van der Waals surface area contributed by atoms with E-state index in [4.69, 9.17) is 0 Å². The monoisotopic (exact) mass is 424 g/mol. The Morgan fingerprint density at radius 2 is 2.21 bits per heavy atom. The van der Waals surface area contributed by atoms with E-state index in [1.807, 2.05) is 17.5 Å². The summed E-state index contributed by atoms with van der Waals surface area (Å²) in [5.74, 6) is -0.656. The van der Waals surface area contributed by atoms with Gasteiger partial charge >= 0.3 is 0 Å². The van der Waals surface area contributed by atoms with E-state index in [1.165, 1.54) is 6.07 Å². The van der Waals surface area contributed by atoms with Crippen molar-refractivity contribution in [2.45, 2.75) is 35.7 Å². The lowest BCUT2D eigenvalue weighted by Gasteiger charge is -2.11. The van der Waals surface area contributed by atoms with E-state index in [2.05, 4.69) is 25.9 Å². The molecule has 0 aliphatic heterocycles. The molecule has 1 aliphatic rings. The Hall–Kier alpha value is -2.71. The van der Waals surface area contributed by atoms with Crippen LogP contribution in [0.5, 0.6) is 0 Å². The summed E-state index contributed by atoms with van der Waals surface area (Å²) in [5.41, 5.74) is 2.82. The van der Waals surface area contributed by atoms with Crippen molar-refractivity contribution in [2.75, 3.05) is 0 Å². The molecule has 0 atom stereocenters. The van der Waals surface area contributed by atoms with E-state index >= 15 is 0 Å². The summed E-state index contributed by atoms with van der Waals surface area (Å²) >= 11 is 3.20. The zero-order chi connectivity index (χ0) is 20.0. The molecule has 4 aromatic rings. The number of nitrogens with one attached hydrogen (secondary N) is 2. The van der Waals surface area contributed by atoms with Crippen LogP contribution in [0.1, 0.15) is 28.8 Å². The van der Waals surface area contributed by atoms with E-state index in [0.29, 0.717) is 22.4 Å². The molecule has 3 heterocycles. The van der Waals surface area contributed by atoms with Gasteiger partial charge in [0.25, 0.3) is 5.91 Å². The predicted molar refractivity (Wildman–Crippen MR) is 113 cm³/mol. The maximum Gasteiger partial charge on any atom is 0.251 e. The second-order valence-corrected chi connectivity index (χ2v) is 8.93. The van der Waals surface area contributed by atoms with Gasteiger partial charge in [0.2, 0.25) is 0 Å². The summed E-state index contributed by atoms with van der Waals surface area (Å²) in [5, 5.41) is 16.1. The molecule has 0 radical (unpaired) electrons. The van der Waals surface area contributed by atoms with Gasteiger partial charge in [-0.15, -0.1) is 0 Å². The number of amides is 1. The van der Waals surface area contributed by atoms with Crippen molar-refractivity contribution >= 4 is 39.9 Å². The molecule has 5 rings (SSSR count). The minimum absolute atomic E-state index is 0.215. The molecule has 8 heteroatoms. The van der Waals surface area contributed by atoms with Crippen LogP contribution in [0.25, 0.3) is 22.2 Å². The minimum atomic E-state index is -0.412. The largest absolute Gasteiger partial charge is 0.349 e. The Balaban J connectivity index is 1.55. The van der Waals surface area contributed by atoms with Crippen molar-refractivity contribution in [1.29, 1.82) is 0 Å². The average Bonchev–Trinajstić information content (AvgIpc) is 3.22. The fourth-order valence-electron chi connectivity index (χ4n) is 3.11. The molecule has 29 heavy (non-hydrogen) atoms. The van der Waals surface area contributed by atoms with Gasteiger partial charge in [0.05, 0.1) is 17.4 Å². The summed E-state index contributed by atoms with van der Waals surface area (Å²) < 4.78 is 14.6. The third-order valence-electron chi connectivity index (χ3n) is 4.92. The third kappa shape index (κ3) is 3.65. The zero-order valence-corrected chi connectivity index (χ0v) is 17.2. The van der Waals surface area contributed by atoms with Gasteiger partial charge in [-0.3, -0.25) is 14.9 Å². The number of hydrogen-bond acceptors (Lipinski definition) is 5. The Morgan fingerprint density at radius 3 is 2.97 bits per heavy atom. The molecular formula is C21H17FN4OS2. The zero-order valence-electron chi connectivity index (χ0n) is 15.5. The van der Waals surface area contributed by atoms with Gasteiger partial charge in [-0.05, 0) is 55.0 Å². The SMILES string of the molecule is Cc1c(F)cc(C(=O)NC2CC2)cc1-c1cc2c(Sc3ccsc3)n[nH]c2cn1. The number of carbonyl (C=O) groups excluding carboxylic acids is 1. The number of rotatable bonds is 5. The smallest absolute Gasteiger partial charge is 0.251 e. The molecule has 1 amide bonds. The number of aromatic nitrogens is 3. The summed E-state index contributed by atoms with van der Waals surface area (Å²) in [6, 6.07) is 7.17. The summed E-state index contributed by atoms with van der Waals surface area (Å²) in [4.78, 5) is 18.0. The molecule has 1 saturated carbocycles. The molecule has 0 spiro atoms. The van der Waals surface area contributed by atoms with Crippen LogP contribution < -0.4 is 5.32 Å². The van der Waals surface area contributed by atoms with E-state index in [0.717, 1.165) is 33.7 Å². The first-order valence-corrected chi connectivity index (χ1v) is 11.0. The Kier molecular flexibility index (Phi) is 4.60. The Morgan fingerprint density at radius 1 is 1.34 bits per heavy atom. The van der Waals surface area contributed by atoms with Gasteiger partial charge in [-0.1, -0.05) is 11.8 Å². The number of aromatic amines is 1. The summed E-state index contributed by atoms with van der Waals surface area (Å²) in [7, 11) is 0. The van der Waals surface area contributed by atoms with E-state index in [-0.39, 0.29) is 11.9 Å². The van der Waals surface area contributed by atoms with E-state index < -0.39 is 5.82 Å². The normalized spacial score (nSPS) is 13.7. The van der Waals surface area contributed by atoms with Crippen LogP contribution in [0.2, 0.25) is 0 Å². The van der Waals surface area contributed by atoms with Crippen molar-refractivity contribution in [3.63, 3.8) is 0 Å². The summed E-state index contributed by atoms with van der Waals surface area (Å²) in [6.07, 6.45) is 3.66. The van der Waals surface area contributed by atoms with Crippen LogP contribution in [-0.4, -0.2) is 27.1 Å². The highest BCUT2D eigenvalue weighted by molar-refractivity contribution is 7.99. The predicted octanol–water partition coefficient (Wildman–Crippen LogP) is 5.18. The van der Waals surface area contributed by atoms with Crippen molar-refractivity contribution in [2.24, 2.45) is 0 Å². The van der Waals surface area contributed by atoms with Crippen LogP contribution in [0.15, 0.2) is 51.1 Å². The number of H-pyrrole nitrogens is 1. The highest BCUT2D eigenvalue weighted by Crippen LogP contribution is 2.35. The molecule has 1 aromatic carbocycles. The topological polar surface area (TPSA) is 70.7 Å². The van der Waals surface area contributed by atoms with Gasteiger partial charge in [-0.25, -0.2) is 4.39 Å². The van der Waals surface area contributed by atoms with Crippen LogP contribution in [0, 0.1) is 12.7 Å². The number of hydrogen-bond donors (Lipinski definition) is 2. The molecule has 146 valence electrons. The van der Waals surface area contributed by atoms with Crippen molar-refractivity contribution in [3.05, 3.63) is 58.2 Å². The third-order valence-corrected chi connectivity index (χ3v) is 6.74. The average molecular weight is 425 g/mol. The van der Waals surface area contributed by atoms with Crippen LogP contribution in [0.3, 0.4) is 0 Å². The molecular weight excluding hydrogens is 407 g/mol. The van der Waals surface area contributed by atoms with Crippen LogP contribution >= 0.6 is 23.1 Å². The fraction of sp³-hybridized carbons (Fsp3) is 0.190. The van der Waals surface area contributed by atoms with E-state index in [1.54, 1.807) is 42.3 Å². The number of carbonyl (C=O) groups is 1. The highest BCUT2D eigenvalue weighted by Gasteiger charge is 2.25. The highest BCUT2D eigenvalue weighted by atomic mass is 32.2. The Bertz CT molecular complexity index is 1220. The number of halogens is 1. The maximum absolute atomic E-state index is 14.6. The van der Waals surface area contributed by atoms with Gasteiger partial charge in [0, 0.05) is 32.8 Å². The fourth-order valence-corrected chi connectivity index (χ4v) is 4.80. The molecule has 2 N–H and O–H groups in total. The molecule has 0 unspecified atom stereocenters. The van der Waals surface area contributed by atoms with Crippen molar-refractivity contribution in [3.8, 4) is 11.3 Å². The van der Waals surface area contributed by atoms with Crippen LogP contribution in [0.4, 0.5) is 4.39 Å². The van der Waals surface area contributed by atoms with Gasteiger partial charge < -0.3 is 5.32 Å². The van der Waals surface area contributed by atoms with Gasteiger partial charge in [-0.2, -0.15) is 16.4 Å². The first-order valence-electron chi connectivity index (χ1n) is 9.24. The molecule has 0 saturated heterocycles. The van der Waals surface area contributed by atoms with Crippen molar-refractivity contribution in [1.82, 2.24) is 20.5 Å². The van der Waals surface area contributed by atoms with E-state index in [9.17, 15) is 9.18 Å². The maximum atomic E-state index is 14.6. The van der Waals surface area contributed by atoms with Crippen LogP contribution in [-0.2, 0) is 0 Å². The summed E-state index contributed by atoms with van der Waals surface area (Å²) in [6.45, 7) is 1.70. The lowest BCUT2D eigenvalue weighted by molar-refractivity contribution is 0.0950. The second kappa shape index (κ2) is 7.27. The lowest BCUT2D eigenvalue weighted by Crippen LogP contribution is -2.25. The lowest BCUT2D eigenvalue weighted by atomic mass is 10.00. The number of pyridine rings is 1. The number of nitrogens with zero attached hydrogens (tertiary/aromatic N) is 2. The van der Waals surface area contributed by atoms with Gasteiger partial charge in [0.1, 0.15) is 10.8 Å². The van der Waals surface area contributed by atoms with Gasteiger partial charge in [0.15, 0.2) is 0 Å². The van der Waals surface area contributed by atoms with Crippen molar-refractivity contribution < 1.29 is 9.18 Å². The first kappa shape index (κ1) is 18.3. The molecule has 5 nitrogen and oxygen atoms in total. The molecule has 1 fully saturated rings. The second-order valence-electron chi connectivity index (χ2n) is 7.08. The standard InChI is InChI=1S/C21H17FN4OS2/c1-11-15(6-12(7-17(11)22)20(27)24-13-2-3-13)18-8-16-19(9-23-18)25-26-21(16)29-14-4-5-28-10-14/h4-10,13H,2-3H2,1H3,(H,24,27)(H,25,26). The first-order chi connectivity index (χ1) is 14.1. The number of benzene rings is 1. The minimum Gasteiger partial charge on any atom is -0.349 e.